The Kier molecular flexibility index (Phi) is 4.22. The first-order valence-electron chi connectivity index (χ1n) is 7.29. The average Bonchev–Trinajstić information content (AvgIpc) is 2.89. The number of fused-ring (bicyclic) bond motifs is 1. The Labute approximate surface area is 126 Å². The molecular formula is C16H18FNO2S. The monoisotopic (exact) mass is 307 g/mol. The van der Waals surface area contributed by atoms with Crippen LogP contribution in [0.25, 0.3) is 10.1 Å². The molecule has 0 aliphatic heterocycles. The van der Waals surface area contributed by atoms with Gasteiger partial charge in [-0.1, -0.05) is 18.9 Å². The fourth-order valence-electron chi connectivity index (χ4n) is 2.85. The number of carbonyl (C=O) groups is 1. The molecule has 1 saturated carbocycles. The standard InChI is InChI=1S/C16H18FNO2S/c17-12-6-5-10-7-15(21-14(10)8-12)16(20)18-9-11-3-1-2-4-13(11)19/h5-8,11,13,19H,1-4,9H2,(H,18,20). The molecule has 2 unspecified atom stereocenters. The lowest BCUT2D eigenvalue weighted by atomic mass is 9.86. The van der Waals surface area contributed by atoms with Crippen molar-refractivity contribution >= 4 is 27.3 Å². The number of amides is 1. The molecule has 5 heteroatoms. The van der Waals surface area contributed by atoms with Crippen LogP contribution in [0.3, 0.4) is 0 Å². The third-order valence-corrected chi connectivity index (χ3v) is 5.20. The van der Waals surface area contributed by atoms with E-state index in [1.54, 1.807) is 12.1 Å². The van der Waals surface area contributed by atoms with Crippen LogP contribution in [-0.2, 0) is 0 Å². The van der Waals surface area contributed by atoms with E-state index in [2.05, 4.69) is 5.32 Å². The molecule has 0 spiro atoms. The average molecular weight is 307 g/mol. The third-order valence-electron chi connectivity index (χ3n) is 4.10. The van der Waals surface area contributed by atoms with Crippen molar-refractivity contribution in [3.63, 3.8) is 0 Å². The van der Waals surface area contributed by atoms with Gasteiger partial charge in [-0.15, -0.1) is 11.3 Å². The van der Waals surface area contributed by atoms with Crippen molar-refractivity contribution in [2.45, 2.75) is 31.8 Å². The molecule has 1 aromatic carbocycles. The molecule has 1 fully saturated rings. The van der Waals surface area contributed by atoms with Crippen LogP contribution in [0.1, 0.15) is 35.4 Å². The fraction of sp³-hybridized carbons (Fsp3) is 0.438. The SMILES string of the molecule is O=C(NCC1CCCCC1O)c1cc2ccc(F)cc2s1. The number of benzene rings is 1. The maximum absolute atomic E-state index is 13.2. The van der Waals surface area contributed by atoms with Crippen LogP contribution in [0.5, 0.6) is 0 Å². The lowest BCUT2D eigenvalue weighted by Gasteiger charge is -2.27. The van der Waals surface area contributed by atoms with Gasteiger partial charge in [0.05, 0.1) is 11.0 Å². The number of aliphatic hydroxyl groups is 1. The molecule has 21 heavy (non-hydrogen) atoms. The molecule has 2 N–H and O–H groups in total. The van der Waals surface area contributed by atoms with Crippen molar-refractivity contribution in [2.75, 3.05) is 6.54 Å². The minimum atomic E-state index is -0.310. The summed E-state index contributed by atoms with van der Waals surface area (Å²) in [6.45, 7) is 0.503. The van der Waals surface area contributed by atoms with Crippen LogP contribution in [0.15, 0.2) is 24.3 Å². The summed E-state index contributed by atoms with van der Waals surface area (Å²) in [7, 11) is 0. The summed E-state index contributed by atoms with van der Waals surface area (Å²) in [5.74, 6) is -0.287. The summed E-state index contributed by atoms with van der Waals surface area (Å²) in [6, 6.07) is 6.31. The molecule has 3 nitrogen and oxygen atoms in total. The Hall–Kier alpha value is -1.46. The number of nitrogens with one attached hydrogen (secondary N) is 1. The van der Waals surface area contributed by atoms with Crippen LogP contribution in [0.4, 0.5) is 4.39 Å². The molecule has 3 rings (SSSR count). The van der Waals surface area contributed by atoms with E-state index < -0.39 is 0 Å². The van der Waals surface area contributed by atoms with Crippen molar-refractivity contribution < 1.29 is 14.3 Å². The van der Waals surface area contributed by atoms with Gasteiger partial charge >= 0.3 is 0 Å². The van der Waals surface area contributed by atoms with E-state index in [-0.39, 0.29) is 23.7 Å². The molecule has 1 aliphatic rings. The second kappa shape index (κ2) is 6.12. The highest BCUT2D eigenvalue weighted by atomic mass is 32.1. The lowest BCUT2D eigenvalue weighted by molar-refractivity contribution is 0.0664. The normalized spacial score (nSPS) is 22.4. The Bertz CT molecular complexity index is 655. The van der Waals surface area contributed by atoms with Crippen molar-refractivity contribution in [1.29, 1.82) is 0 Å². The first-order chi connectivity index (χ1) is 10.1. The second-order valence-electron chi connectivity index (χ2n) is 5.61. The molecule has 2 aromatic rings. The summed E-state index contributed by atoms with van der Waals surface area (Å²) in [4.78, 5) is 12.8. The number of carbonyl (C=O) groups excluding carboxylic acids is 1. The third kappa shape index (κ3) is 3.24. The highest BCUT2D eigenvalue weighted by molar-refractivity contribution is 7.20. The number of thiophene rings is 1. The van der Waals surface area contributed by atoms with Gasteiger partial charge in [-0.25, -0.2) is 4.39 Å². The first kappa shape index (κ1) is 14.5. The topological polar surface area (TPSA) is 49.3 Å². The van der Waals surface area contributed by atoms with E-state index in [9.17, 15) is 14.3 Å². The summed E-state index contributed by atoms with van der Waals surface area (Å²) >= 11 is 1.29. The highest BCUT2D eigenvalue weighted by Crippen LogP contribution is 2.27. The maximum Gasteiger partial charge on any atom is 0.261 e. The van der Waals surface area contributed by atoms with Crippen LogP contribution in [-0.4, -0.2) is 23.7 Å². The van der Waals surface area contributed by atoms with Gasteiger partial charge in [0.15, 0.2) is 0 Å². The summed E-state index contributed by atoms with van der Waals surface area (Å²) in [5, 5.41) is 13.7. The zero-order chi connectivity index (χ0) is 14.8. The van der Waals surface area contributed by atoms with Crippen molar-refractivity contribution in [1.82, 2.24) is 5.32 Å². The van der Waals surface area contributed by atoms with E-state index in [4.69, 9.17) is 0 Å². The molecule has 0 bridgehead atoms. The van der Waals surface area contributed by atoms with Gasteiger partial charge in [0.1, 0.15) is 5.82 Å². The predicted molar refractivity (Wildman–Crippen MR) is 82.1 cm³/mol. The van der Waals surface area contributed by atoms with Crippen LogP contribution >= 0.6 is 11.3 Å². The number of hydrogen-bond acceptors (Lipinski definition) is 3. The van der Waals surface area contributed by atoms with Gasteiger partial charge in [0.25, 0.3) is 5.91 Å². The van der Waals surface area contributed by atoms with Gasteiger partial charge in [-0.2, -0.15) is 0 Å². The minimum Gasteiger partial charge on any atom is -0.393 e. The lowest BCUT2D eigenvalue weighted by Crippen LogP contribution is -2.36. The van der Waals surface area contributed by atoms with Gasteiger partial charge in [0, 0.05) is 17.2 Å². The number of aliphatic hydroxyl groups excluding tert-OH is 1. The molecule has 0 saturated heterocycles. The Morgan fingerprint density at radius 3 is 2.95 bits per heavy atom. The Balaban J connectivity index is 1.66. The summed E-state index contributed by atoms with van der Waals surface area (Å²) in [5.41, 5.74) is 0. The Morgan fingerprint density at radius 1 is 1.33 bits per heavy atom. The molecule has 1 heterocycles. The van der Waals surface area contributed by atoms with Gasteiger partial charge in [-0.3, -0.25) is 4.79 Å². The first-order valence-corrected chi connectivity index (χ1v) is 8.10. The number of halogens is 1. The minimum absolute atomic E-state index is 0.144. The van der Waals surface area contributed by atoms with E-state index in [1.165, 1.54) is 23.5 Å². The zero-order valence-corrected chi connectivity index (χ0v) is 12.5. The molecule has 2 atom stereocenters. The number of hydrogen-bond donors (Lipinski definition) is 2. The maximum atomic E-state index is 13.2. The summed E-state index contributed by atoms with van der Waals surface area (Å²) in [6.07, 6.45) is 3.64. The van der Waals surface area contributed by atoms with Gasteiger partial charge in [0.2, 0.25) is 0 Å². The van der Waals surface area contributed by atoms with E-state index in [0.29, 0.717) is 11.4 Å². The van der Waals surface area contributed by atoms with Gasteiger partial charge in [-0.05, 0) is 36.4 Å². The molecule has 0 radical (unpaired) electrons. The van der Waals surface area contributed by atoms with Crippen molar-refractivity contribution in [3.05, 3.63) is 35.0 Å². The van der Waals surface area contributed by atoms with Crippen LogP contribution < -0.4 is 5.32 Å². The second-order valence-corrected chi connectivity index (χ2v) is 6.70. The van der Waals surface area contributed by atoms with Gasteiger partial charge < -0.3 is 10.4 Å². The molecule has 1 amide bonds. The molecular weight excluding hydrogens is 289 g/mol. The molecule has 1 aromatic heterocycles. The van der Waals surface area contributed by atoms with Crippen molar-refractivity contribution in [3.8, 4) is 0 Å². The van der Waals surface area contributed by atoms with E-state index >= 15 is 0 Å². The van der Waals surface area contributed by atoms with Crippen molar-refractivity contribution in [2.24, 2.45) is 5.92 Å². The van der Waals surface area contributed by atoms with E-state index in [0.717, 1.165) is 35.8 Å². The summed E-state index contributed by atoms with van der Waals surface area (Å²) < 4.78 is 13.9. The quantitative estimate of drug-likeness (QED) is 0.914. The van der Waals surface area contributed by atoms with Crippen LogP contribution in [0.2, 0.25) is 0 Å². The fourth-order valence-corrected chi connectivity index (χ4v) is 3.86. The molecule has 112 valence electrons. The smallest absolute Gasteiger partial charge is 0.261 e. The zero-order valence-electron chi connectivity index (χ0n) is 11.6. The Morgan fingerprint density at radius 2 is 2.14 bits per heavy atom. The molecule has 1 aliphatic carbocycles. The number of rotatable bonds is 3. The largest absolute Gasteiger partial charge is 0.393 e. The van der Waals surface area contributed by atoms with Crippen LogP contribution in [0, 0.1) is 11.7 Å². The van der Waals surface area contributed by atoms with E-state index in [1.807, 2.05) is 0 Å². The predicted octanol–water partition coefficient (Wildman–Crippen LogP) is 3.32. The highest BCUT2D eigenvalue weighted by Gasteiger charge is 2.23.